The van der Waals surface area contributed by atoms with E-state index >= 15 is 0 Å². The minimum Gasteiger partial charge on any atom is -0.281 e. The second kappa shape index (κ2) is 6.08. The van der Waals surface area contributed by atoms with Crippen LogP contribution < -0.4 is 4.72 Å². The van der Waals surface area contributed by atoms with E-state index in [0.717, 1.165) is 6.07 Å². The zero-order valence-corrected chi connectivity index (χ0v) is 11.9. The summed E-state index contributed by atoms with van der Waals surface area (Å²) in [6, 6.07) is 3.64. The van der Waals surface area contributed by atoms with E-state index in [1.165, 1.54) is 12.1 Å². The molecule has 9 heteroatoms. The van der Waals surface area contributed by atoms with Gasteiger partial charge in [0.1, 0.15) is 5.82 Å². The number of hydrogen-bond acceptors (Lipinski definition) is 2. The summed E-state index contributed by atoms with van der Waals surface area (Å²) in [4.78, 5) is 0. The van der Waals surface area contributed by atoms with Gasteiger partial charge in [0.2, 0.25) is 10.0 Å². The quantitative estimate of drug-likeness (QED) is 0.811. The average Bonchev–Trinajstić information content (AvgIpc) is 2.20. The van der Waals surface area contributed by atoms with E-state index in [1.807, 2.05) is 4.72 Å². The van der Waals surface area contributed by atoms with E-state index in [2.05, 4.69) is 15.9 Å². The van der Waals surface area contributed by atoms with Crippen molar-refractivity contribution >= 4 is 31.6 Å². The molecular weight excluding hydrogens is 354 g/mol. The molecule has 0 aromatic heterocycles. The molecule has 3 nitrogen and oxygen atoms in total. The molecular formula is C10H10BrF4NO2S. The highest BCUT2D eigenvalue weighted by molar-refractivity contribution is 9.10. The lowest BCUT2D eigenvalue weighted by Crippen LogP contribution is -2.19. The van der Waals surface area contributed by atoms with Gasteiger partial charge < -0.3 is 0 Å². The number of rotatable bonds is 5. The number of halogens is 5. The van der Waals surface area contributed by atoms with Crippen LogP contribution in [0.15, 0.2) is 22.7 Å². The van der Waals surface area contributed by atoms with Crippen LogP contribution in [0.1, 0.15) is 12.8 Å². The van der Waals surface area contributed by atoms with Crippen LogP contribution >= 0.6 is 15.9 Å². The Bertz CT molecular complexity index is 545. The molecule has 0 fully saturated rings. The Morgan fingerprint density at radius 1 is 1.26 bits per heavy atom. The van der Waals surface area contributed by atoms with Crippen LogP contribution in [0.5, 0.6) is 0 Å². The van der Waals surface area contributed by atoms with Crippen molar-refractivity contribution in [3.05, 3.63) is 28.5 Å². The molecule has 0 atom stereocenters. The van der Waals surface area contributed by atoms with E-state index in [1.54, 1.807) is 0 Å². The summed E-state index contributed by atoms with van der Waals surface area (Å²) in [6.07, 6.45) is -6.17. The first-order valence-electron chi connectivity index (χ1n) is 5.11. The van der Waals surface area contributed by atoms with E-state index < -0.39 is 40.6 Å². The largest absolute Gasteiger partial charge is 0.389 e. The third-order valence-electron chi connectivity index (χ3n) is 2.07. The lowest BCUT2D eigenvalue weighted by molar-refractivity contribution is -0.134. The van der Waals surface area contributed by atoms with Crippen LogP contribution in [0, 0.1) is 5.82 Å². The minimum absolute atomic E-state index is 0.296. The van der Waals surface area contributed by atoms with Crippen LogP contribution in [0.2, 0.25) is 0 Å². The van der Waals surface area contributed by atoms with E-state index in [9.17, 15) is 26.0 Å². The molecule has 0 radical (unpaired) electrons. The van der Waals surface area contributed by atoms with Crippen molar-refractivity contribution in [2.45, 2.75) is 19.0 Å². The van der Waals surface area contributed by atoms with Crippen LogP contribution in [0.3, 0.4) is 0 Å². The predicted octanol–water partition coefficient (Wildman–Crippen LogP) is 3.67. The molecule has 0 aliphatic carbocycles. The van der Waals surface area contributed by atoms with Gasteiger partial charge in [0.05, 0.1) is 11.4 Å². The number of alkyl halides is 3. The highest BCUT2D eigenvalue weighted by Crippen LogP contribution is 2.23. The normalized spacial score (nSPS) is 12.5. The second-order valence-corrected chi connectivity index (χ2v) is 6.52. The van der Waals surface area contributed by atoms with Crippen molar-refractivity contribution in [2.24, 2.45) is 0 Å². The fourth-order valence-electron chi connectivity index (χ4n) is 1.25. The van der Waals surface area contributed by atoms with Gasteiger partial charge in [-0.15, -0.1) is 0 Å². The molecule has 0 spiro atoms. The number of sulfonamides is 1. The smallest absolute Gasteiger partial charge is 0.281 e. The number of anilines is 1. The molecule has 0 saturated carbocycles. The van der Waals surface area contributed by atoms with Gasteiger partial charge >= 0.3 is 6.18 Å². The van der Waals surface area contributed by atoms with Gasteiger partial charge in [-0.05, 0) is 24.6 Å². The summed E-state index contributed by atoms with van der Waals surface area (Å²) < 4.78 is 74.3. The standard InChI is InChI=1S/C10H10BrF4NO2S/c11-7-2-3-9(8(12)6-7)16-19(17,18)5-1-4-10(13,14)15/h2-3,6,16H,1,4-5H2. The molecule has 0 heterocycles. The van der Waals surface area contributed by atoms with Gasteiger partial charge in [-0.2, -0.15) is 13.2 Å². The second-order valence-electron chi connectivity index (χ2n) is 3.76. The summed E-state index contributed by atoms with van der Waals surface area (Å²) in [6.45, 7) is 0. The van der Waals surface area contributed by atoms with E-state index in [4.69, 9.17) is 0 Å². The lowest BCUT2D eigenvalue weighted by atomic mass is 10.3. The van der Waals surface area contributed by atoms with Gasteiger partial charge in [-0.3, -0.25) is 4.72 Å². The number of hydrogen-bond donors (Lipinski definition) is 1. The molecule has 0 aliphatic heterocycles. The summed E-state index contributed by atoms with van der Waals surface area (Å²) in [5.74, 6) is -1.53. The number of nitrogens with one attached hydrogen (secondary N) is 1. The first-order chi connectivity index (χ1) is 8.59. The molecule has 0 bridgehead atoms. The lowest BCUT2D eigenvalue weighted by Gasteiger charge is -2.10. The molecule has 0 amide bonds. The van der Waals surface area contributed by atoms with Gasteiger partial charge in [0, 0.05) is 10.9 Å². The van der Waals surface area contributed by atoms with Crippen molar-refractivity contribution in [1.29, 1.82) is 0 Å². The average molecular weight is 364 g/mol. The maximum atomic E-state index is 13.4. The zero-order chi connectivity index (χ0) is 14.7. The molecule has 0 unspecified atom stereocenters. The van der Waals surface area contributed by atoms with Crippen molar-refractivity contribution < 1.29 is 26.0 Å². The summed E-state index contributed by atoms with van der Waals surface area (Å²) in [5, 5.41) is 0. The molecule has 0 aliphatic rings. The first-order valence-corrected chi connectivity index (χ1v) is 7.56. The Morgan fingerprint density at radius 2 is 1.89 bits per heavy atom. The predicted molar refractivity (Wildman–Crippen MR) is 66.8 cm³/mol. The monoisotopic (exact) mass is 363 g/mol. The summed E-state index contributed by atoms with van der Waals surface area (Å²) >= 11 is 3.00. The highest BCUT2D eigenvalue weighted by Gasteiger charge is 2.27. The van der Waals surface area contributed by atoms with E-state index in [-0.39, 0.29) is 5.69 Å². The third-order valence-corrected chi connectivity index (χ3v) is 3.92. The van der Waals surface area contributed by atoms with Crippen molar-refractivity contribution in [3.63, 3.8) is 0 Å². The van der Waals surface area contributed by atoms with Crippen LogP contribution in [-0.2, 0) is 10.0 Å². The molecule has 0 saturated heterocycles. The Hall–Kier alpha value is -0.830. The Morgan fingerprint density at radius 3 is 2.42 bits per heavy atom. The maximum absolute atomic E-state index is 13.4. The number of benzene rings is 1. The van der Waals surface area contributed by atoms with Crippen molar-refractivity contribution in [1.82, 2.24) is 0 Å². The SMILES string of the molecule is O=S(=O)(CCCC(F)(F)F)Nc1ccc(Br)cc1F. The Kier molecular flexibility index (Phi) is 5.19. The van der Waals surface area contributed by atoms with E-state index in [0.29, 0.717) is 4.47 Å². The first kappa shape index (κ1) is 16.2. The fraction of sp³-hybridized carbons (Fsp3) is 0.400. The van der Waals surface area contributed by atoms with Gasteiger partial charge in [0.15, 0.2) is 0 Å². The molecule has 19 heavy (non-hydrogen) atoms. The Labute approximate surface area is 116 Å². The minimum atomic E-state index is -4.40. The highest BCUT2D eigenvalue weighted by atomic mass is 79.9. The van der Waals surface area contributed by atoms with Crippen molar-refractivity contribution in [3.8, 4) is 0 Å². The van der Waals surface area contributed by atoms with Gasteiger partial charge in [0.25, 0.3) is 0 Å². The van der Waals surface area contributed by atoms with Crippen LogP contribution in [0.4, 0.5) is 23.2 Å². The molecule has 1 aromatic rings. The maximum Gasteiger partial charge on any atom is 0.389 e. The molecule has 1 N–H and O–H groups in total. The van der Waals surface area contributed by atoms with Gasteiger partial charge in [-0.25, -0.2) is 12.8 Å². The van der Waals surface area contributed by atoms with Crippen LogP contribution in [-0.4, -0.2) is 20.3 Å². The van der Waals surface area contributed by atoms with Crippen molar-refractivity contribution in [2.75, 3.05) is 10.5 Å². The van der Waals surface area contributed by atoms with Crippen LogP contribution in [0.25, 0.3) is 0 Å². The summed E-state index contributed by atoms with van der Waals surface area (Å²) in [5.41, 5.74) is -0.296. The van der Waals surface area contributed by atoms with Gasteiger partial charge in [-0.1, -0.05) is 15.9 Å². The molecule has 1 rings (SSSR count). The third kappa shape index (κ3) is 6.24. The topological polar surface area (TPSA) is 46.2 Å². The summed E-state index contributed by atoms with van der Waals surface area (Å²) in [7, 11) is -4.00. The molecule has 108 valence electrons. The Balaban J connectivity index is 2.64. The molecule has 1 aromatic carbocycles. The fourth-order valence-corrected chi connectivity index (χ4v) is 2.71. The zero-order valence-electron chi connectivity index (χ0n) is 9.47.